The summed E-state index contributed by atoms with van der Waals surface area (Å²) in [4.78, 5) is 36.3. The van der Waals surface area contributed by atoms with Gasteiger partial charge in [-0.1, -0.05) is 48.5 Å². The van der Waals surface area contributed by atoms with Gasteiger partial charge in [-0.15, -0.1) is 0 Å². The highest BCUT2D eigenvalue weighted by molar-refractivity contribution is 5.99. The zero-order chi connectivity index (χ0) is 19.9. The number of ether oxygens (including phenoxy) is 1. The van der Waals surface area contributed by atoms with Gasteiger partial charge in [-0.25, -0.2) is 9.59 Å². The molecule has 2 aromatic carbocycles. The second-order valence-corrected chi connectivity index (χ2v) is 6.93. The summed E-state index contributed by atoms with van der Waals surface area (Å²) >= 11 is 0. The lowest BCUT2D eigenvalue weighted by Gasteiger charge is -2.15. The molecule has 1 unspecified atom stereocenters. The number of urea groups is 1. The second kappa shape index (κ2) is 9.17. The van der Waals surface area contributed by atoms with E-state index in [0.717, 1.165) is 24.8 Å². The molecule has 1 aliphatic rings. The molecule has 28 heavy (non-hydrogen) atoms. The zero-order valence-corrected chi connectivity index (χ0v) is 15.8. The molecule has 2 aromatic rings. The summed E-state index contributed by atoms with van der Waals surface area (Å²) in [5.74, 6) is -1.22. The van der Waals surface area contributed by atoms with Crippen molar-refractivity contribution in [2.75, 3.05) is 0 Å². The first-order valence-electron chi connectivity index (χ1n) is 9.47. The second-order valence-electron chi connectivity index (χ2n) is 6.93. The first-order chi connectivity index (χ1) is 13.5. The molecule has 0 aromatic heterocycles. The SMILES string of the molecule is CC(OC(=O)c1ccccc1CCc1ccccc1)C(=O)NC(=O)NC1CC1. The summed E-state index contributed by atoms with van der Waals surface area (Å²) < 4.78 is 5.28. The number of amides is 3. The minimum atomic E-state index is -1.07. The molecule has 0 radical (unpaired) electrons. The van der Waals surface area contributed by atoms with Crippen molar-refractivity contribution in [1.82, 2.24) is 10.6 Å². The molecule has 6 heteroatoms. The quantitative estimate of drug-likeness (QED) is 0.723. The van der Waals surface area contributed by atoms with E-state index in [1.165, 1.54) is 12.5 Å². The number of hydrogen-bond acceptors (Lipinski definition) is 4. The number of carbonyl (C=O) groups excluding carboxylic acids is 3. The van der Waals surface area contributed by atoms with E-state index in [9.17, 15) is 14.4 Å². The average Bonchev–Trinajstić information content (AvgIpc) is 3.51. The van der Waals surface area contributed by atoms with Crippen LogP contribution in [-0.2, 0) is 22.4 Å². The fourth-order valence-electron chi connectivity index (χ4n) is 2.80. The van der Waals surface area contributed by atoms with Crippen LogP contribution in [0, 0.1) is 0 Å². The van der Waals surface area contributed by atoms with Crippen LogP contribution in [0.15, 0.2) is 54.6 Å². The Labute approximate surface area is 164 Å². The van der Waals surface area contributed by atoms with Gasteiger partial charge in [0.05, 0.1) is 5.56 Å². The predicted octanol–water partition coefficient (Wildman–Crippen LogP) is 3.01. The Morgan fingerprint density at radius 3 is 2.39 bits per heavy atom. The van der Waals surface area contributed by atoms with Gasteiger partial charge in [-0.2, -0.15) is 0 Å². The number of benzene rings is 2. The molecule has 3 rings (SSSR count). The normalized spacial score (nSPS) is 14.0. The molecule has 0 aliphatic heterocycles. The van der Waals surface area contributed by atoms with Gasteiger partial charge in [0.15, 0.2) is 6.10 Å². The van der Waals surface area contributed by atoms with E-state index in [1.807, 2.05) is 42.5 Å². The maximum atomic E-state index is 12.6. The van der Waals surface area contributed by atoms with Crippen LogP contribution in [0.2, 0.25) is 0 Å². The highest BCUT2D eigenvalue weighted by Gasteiger charge is 2.26. The van der Waals surface area contributed by atoms with Gasteiger partial charge in [0, 0.05) is 6.04 Å². The Balaban J connectivity index is 1.57. The monoisotopic (exact) mass is 380 g/mol. The Hall–Kier alpha value is -3.15. The van der Waals surface area contributed by atoms with Crippen LogP contribution in [0.1, 0.15) is 41.3 Å². The summed E-state index contributed by atoms with van der Waals surface area (Å²) in [6.07, 6.45) is 2.25. The van der Waals surface area contributed by atoms with E-state index in [-0.39, 0.29) is 6.04 Å². The van der Waals surface area contributed by atoms with Crippen LogP contribution < -0.4 is 10.6 Å². The Morgan fingerprint density at radius 2 is 1.68 bits per heavy atom. The lowest BCUT2D eigenvalue weighted by Crippen LogP contribution is -2.45. The smallest absolute Gasteiger partial charge is 0.339 e. The van der Waals surface area contributed by atoms with Crippen LogP contribution in [0.4, 0.5) is 4.79 Å². The van der Waals surface area contributed by atoms with E-state index >= 15 is 0 Å². The number of imide groups is 1. The number of rotatable bonds is 7. The van der Waals surface area contributed by atoms with E-state index in [4.69, 9.17) is 4.74 Å². The summed E-state index contributed by atoms with van der Waals surface area (Å²) in [5, 5.41) is 4.86. The van der Waals surface area contributed by atoms with Crippen molar-refractivity contribution < 1.29 is 19.1 Å². The highest BCUT2D eigenvalue weighted by Crippen LogP contribution is 2.18. The van der Waals surface area contributed by atoms with Crippen molar-refractivity contribution in [3.63, 3.8) is 0 Å². The highest BCUT2D eigenvalue weighted by atomic mass is 16.5. The molecular formula is C22H24N2O4. The number of aryl methyl sites for hydroxylation is 2. The molecular weight excluding hydrogens is 356 g/mol. The standard InChI is InChI=1S/C22H24N2O4/c1-15(20(25)24-22(27)23-18-13-14-18)28-21(26)19-10-6-5-9-17(19)12-11-16-7-3-2-4-8-16/h2-10,15,18H,11-14H2,1H3,(H2,23,24,25,27). The first-order valence-corrected chi connectivity index (χ1v) is 9.47. The summed E-state index contributed by atoms with van der Waals surface area (Å²) in [6.45, 7) is 1.45. The Bertz CT molecular complexity index is 847. The minimum Gasteiger partial charge on any atom is -0.449 e. The van der Waals surface area contributed by atoms with Crippen LogP contribution in [0.25, 0.3) is 0 Å². The fraction of sp³-hybridized carbons (Fsp3) is 0.318. The van der Waals surface area contributed by atoms with Crippen molar-refractivity contribution in [2.45, 2.75) is 44.8 Å². The van der Waals surface area contributed by atoms with Gasteiger partial charge in [-0.05, 0) is 49.8 Å². The van der Waals surface area contributed by atoms with Gasteiger partial charge >= 0.3 is 12.0 Å². The molecule has 6 nitrogen and oxygen atoms in total. The summed E-state index contributed by atoms with van der Waals surface area (Å²) in [6, 6.07) is 16.8. The third-order valence-electron chi connectivity index (χ3n) is 4.57. The summed E-state index contributed by atoms with van der Waals surface area (Å²) in [5.41, 5.74) is 2.47. The van der Waals surface area contributed by atoms with Crippen LogP contribution in [0.5, 0.6) is 0 Å². The minimum absolute atomic E-state index is 0.141. The topological polar surface area (TPSA) is 84.5 Å². The number of hydrogen-bond donors (Lipinski definition) is 2. The predicted molar refractivity (Wildman–Crippen MR) is 105 cm³/mol. The van der Waals surface area contributed by atoms with Gasteiger partial charge in [0.25, 0.3) is 5.91 Å². The van der Waals surface area contributed by atoms with Gasteiger partial charge in [0.1, 0.15) is 0 Å². The van der Waals surface area contributed by atoms with Gasteiger partial charge in [0.2, 0.25) is 0 Å². The molecule has 0 spiro atoms. The van der Waals surface area contributed by atoms with Crippen LogP contribution in [-0.4, -0.2) is 30.1 Å². The van der Waals surface area contributed by atoms with Crippen molar-refractivity contribution in [3.8, 4) is 0 Å². The lowest BCUT2D eigenvalue weighted by atomic mass is 10.00. The van der Waals surface area contributed by atoms with E-state index < -0.39 is 24.0 Å². The molecule has 1 atom stereocenters. The third-order valence-corrected chi connectivity index (χ3v) is 4.57. The molecule has 1 fully saturated rings. The molecule has 0 bridgehead atoms. The first kappa shape index (κ1) is 19.6. The Kier molecular flexibility index (Phi) is 6.42. The molecule has 1 aliphatic carbocycles. The van der Waals surface area contributed by atoms with Gasteiger partial charge in [-0.3, -0.25) is 10.1 Å². The van der Waals surface area contributed by atoms with E-state index in [1.54, 1.807) is 12.1 Å². The summed E-state index contributed by atoms with van der Waals surface area (Å²) in [7, 11) is 0. The number of carbonyl (C=O) groups is 3. The van der Waals surface area contributed by atoms with Crippen molar-refractivity contribution in [3.05, 3.63) is 71.3 Å². The van der Waals surface area contributed by atoms with Crippen molar-refractivity contribution >= 4 is 17.9 Å². The van der Waals surface area contributed by atoms with Gasteiger partial charge < -0.3 is 10.1 Å². The number of nitrogens with one attached hydrogen (secondary N) is 2. The number of esters is 1. The van der Waals surface area contributed by atoms with Crippen LogP contribution in [0.3, 0.4) is 0 Å². The van der Waals surface area contributed by atoms with E-state index in [2.05, 4.69) is 10.6 Å². The maximum absolute atomic E-state index is 12.6. The molecule has 146 valence electrons. The van der Waals surface area contributed by atoms with E-state index in [0.29, 0.717) is 12.0 Å². The lowest BCUT2D eigenvalue weighted by molar-refractivity contribution is -0.127. The van der Waals surface area contributed by atoms with Crippen LogP contribution >= 0.6 is 0 Å². The molecule has 3 amide bonds. The molecule has 2 N–H and O–H groups in total. The molecule has 1 saturated carbocycles. The van der Waals surface area contributed by atoms with Crippen molar-refractivity contribution in [2.24, 2.45) is 0 Å². The maximum Gasteiger partial charge on any atom is 0.339 e. The Morgan fingerprint density at radius 1 is 1.00 bits per heavy atom. The molecule has 0 heterocycles. The molecule has 0 saturated heterocycles. The average molecular weight is 380 g/mol. The largest absolute Gasteiger partial charge is 0.449 e. The zero-order valence-electron chi connectivity index (χ0n) is 15.8. The van der Waals surface area contributed by atoms with Crippen molar-refractivity contribution in [1.29, 1.82) is 0 Å². The fourth-order valence-corrected chi connectivity index (χ4v) is 2.80. The third kappa shape index (κ3) is 5.67.